The van der Waals surface area contributed by atoms with Crippen LogP contribution in [0, 0.1) is 0 Å². The molecule has 0 fully saturated rings. The van der Waals surface area contributed by atoms with Crippen molar-refractivity contribution in [2.45, 2.75) is 44.6 Å². The zero-order chi connectivity index (χ0) is 24.9. The van der Waals surface area contributed by atoms with Crippen molar-refractivity contribution >= 4 is 33.2 Å². The van der Waals surface area contributed by atoms with Gasteiger partial charge >= 0.3 is 0 Å². The Kier molecular flexibility index (Phi) is 7.43. The molecule has 0 spiro atoms. The molecule has 0 atom stereocenters. The molecule has 2 amide bonds. The number of aromatic nitrogens is 2. The molecule has 1 heterocycles. The van der Waals surface area contributed by atoms with Crippen LogP contribution >= 0.6 is 0 Å². The average molecular weight is 482 g/mol. The fourth-order valence-corrected chi connectivity index (χ4v) is 3.96. The number of anilines is 2. The monoisotopic (exact) mass is 481 g/mol. The Morgan fingerprint density at radius 3 is 1.97 bits per heavy atom. The highest BCUT2D eigenvalue weighted by atomic mass is 32.2. The van der Waals surface area contributed by atoms with Crippen LogP contribution in [0.4, 0.5) is 11.4 Å². The number of nitrogens with zero attached hydrogens (tertiary/aromatic N) is 2. The number of hydrogen-bond acceptors (Lipinski definition) is 6. The van der Waals surface area contributed by atoms with Gasteiger partial charge in [-0.1, -0.05) is 32.9 Å². The third kappa shape index (κ3) is 6.69. The maximum absolute atomic E-state index is 12.5. The van der Waals surface area contributed by atoms with Gasteiger partial charge in [-0.05, 0) is 42.0 Å². The largest absolute Gasteiger partial charge is 0.326 e. The van der Waals surface area contributed by atoms with Crippen LogP contribution in [-0.4, -0.2) is 30.2 Å². The van der Waals surface area contributed by atoms with Gasteiger partial charge < -0.3 is 10.6 Å². The summed E-state index contributed by atoms with van der Waals surface area (Å²) in [6.45, 7) is 7.45. The fourth-order valence-electron chi connectivity index (χ4n) is 2.94. The molecule has 3 rings (SSSR count). The molecule has 3 N–H and O–H groups in total. The maximum atomic E-state index is 12.5. The minimum atomic E-state index is -3.74. The van der Waals surface area contributed by atoms with Crippen molar-refractivity contribution in [2.75, 3.05) is 10.6 Å². The lowest BCUT2D eigenvalue weighted by Gasteiger charge is -2.16. The highest BCUT2D eigenvalue weighted by molar-refractivity contribution is 7.89. The van der Waals surface area contributed by atoms with Crippen molar-refractivity contribution in [1.82, 2.24) is 14.7 Å². The van der Waals surface area contributed by atoms with Gasteiger partial charge in [0.25, 0.3) is 5.91 Å². The number of rotatable bonds is 7. The molecule has 0 unspecified atom stereocenters. The Labute approximate surface area is 199 Å². The van der Waals surface area contributed by atoms with E-state index in [1.165, 1.54) is 31.2 Å². The van der Waals surface area contributed by atoms with Gasteiger partial charge in [-0.15, -0.1) is 0 Å². The second-order valence-corrected chi connectivity index (χ2v) is 10.5. The standard InChI is InChI=1S/C24H27N5O4S/c1-16(30)28-19-9-11-21(12-10-19)34(32,33)27-13-17-5-7-18(8-6-17)22(31)29-20-14-25-23(26-15-20)24(2,3)4/h5-12,14-15,27H,13H2,1-4H3,(H,28,30)(H,29,31). The van der Waals surface area contributed by atoms with Crippen LogP contribution in [0.2, 0.25) is 0 Å². The van der Waals surface area contributed by atoms with E-state index in [0.717, 1.165) is 0 Å². The van der Waals surface area contributed by atoms with E-state index >= 15 is 0 Å². The molecule has 9 nitrogen and oxygen atoms in total. The number of amides is 2. The summed E-state index contributed by atoms with van der Waals surface area (Å²) < 4.78 is 27.6. The summed E-state index contributed by atoms with van der Waals surface area (Å²) in [5.41, 5.74) is 1.92. The molecule has 0 aliphatic carbocycles. The summed E-state index contributed by atoms with van der Waals surface area (Å²) in [6.07, 6.45) is 3.13. The quantitative estimate of drug-likeness (QED) is 0.474. The normalized spacial score (nSPS) is 11.6. The summed E-state index contributed by atoms with van der Waals surface area (Å²) in [4.78, 5) is 32.2. The first-order chi connectivity index (χ1) is 15.9. The predicted molar refractivity (Wildman–Crippen MR) is 130 cm³/mol. The molecular formula is C24H27N5O4S. The molecule has 0 aliphatic rings. The number of hydrogen-bond donors (Lipinski definition) is 3. The molecule has 3 aromatic rings. The first-order valence-electron chi connectivity index (χ1n) is 10.5. The Hall–Kier alpha value is -3.63. The molecule has 178 valence electrons. The zero-order valence-corrected chi connectivity index (χ0v) is 20.2. The van der Waals surface area contributed by atoms with E-state index in [1.807, 2.05) is 20.8 Å². The van der Waals surface area contributed by atoms with Gasteiger partial charge in [-0.25, -0.2) is 23.1 Å². The lowest BCUT2D eigenvalue weighted by atomic mass is 9.96. The molecule has 0 bridgehead atoms. The first-order valence-corrected chi connectivity index (χ1v) is 12.0. The predicted octanol–water partition coefficient (Wildman–Crippen LogP) is 3.46. The van der Waals surface area contributed by atoms with Crippen molar-refractivity contribution in [3.8, 4) is 0 Å². The third-order valence-electron chi connectivity index (χ3n) is 4.75. The number of carbonyl (C=O) groups is 2. The van der Waals surface area contributed by atoms with E-state index in [0.29, 0.717) is 28.3 Å². The van der Waals surface area contributed by atoms with Gasteiger partial charge in [-0.3, -0.25) is 9.59 Å². The van der Waals surface area contributed by atoms with E-state index in [1.54, 1.807) is 36.7 Å². The topological polar surface area (TPSA) is 130 Å². The Morgan fingerprint density at radius 1 is 0.853 bits per heavy atom. The van der Waals surface area contributed by atoms with Gasteiger partial charge in [0.1, 0.15) is 5.82 Å². The summed E-state index contributed by atoms with van der Waals surface area (Å²) in [5, 5.41) is 5.33. The van der Waals surface area contributed by atoms with Crippen molar-refractivity contribution in [2.24, 2.45) is 0 Å². The molecule has 0 aliphatic heterocycles. The fraction of sp³-hybridized carbons (Fsp3) is 0.250. The average Bonchev–Trinajstić information content (AvgIpc) is 2.78. The van der Waals surface area contributed by atoms with Crippen LogP contribution in [0.3, 0.4) is 0 Å². The Morgan fingerprint density at radius 2 is 1.44 bits per heavy atom. The van der Waals surface area contributed by atoms with Crippen LogP contribution in [0.25, 0.3) is 0 Å². The molecule has 0 saturated heterocycles. The summed E-state index contributed by atoms with van der Waals surface area (Å²) in [5.74, 6) is 0.122. The minimum Gasteiger partial charge on any atom is -0.326 e. The van der Waals surface area contributed by atoms with E-state index in [4.69, 9.17) is 0 Å². The molecule has 0 saturated carbocycles. The van der Waals surface area contributed by atoms with Crippen LogP contribution in [0.15, 0.2) is 65.8 Å². The van der Waals surface area contributed by atoms with Gasteiger partial charge in [-0.2, -0.15) is 0 Å². The first kappa shape index (κ1) is 25.0. The highest BCUT2D eigenvalue weighted by Gasteiger charge is 2.17. The van der Waals surface area contributed by atoms with Crippen molar-refractivity contribution in [3.63, 3.8) is 0 Å². The molecular weight excluding hydrogens is 454 g/mol. The third-order valence-corrected chi connectivity index (χ3v) is 6.17. The minimum absolute atomic E-state index is 0.0553. The van der Waals surface area contributed by atoms with Crippen molar-refractivity contribution < 1.29 is 18.0 Å². The van der Waals surface area contributed by atoms with Gasteiger partial charge in [0.2, 0.25) is 15.9 Å². The number of carbonyl (C=O) groups excluding carboxylic acids is 2. The second-order valence-electron chi connectivity index (χ2n) is 8.73. The van der Waals surface area contributed by atoms with Crippen molar-refractivity contribution in [3.05, 3.63) is 77.9 Å². The molecule has 34 heavy (non-hydrogen) atoms. The SMILES string of the molecule is CC(=O)Nc1ccc(S(=O)(=O)NCc2ccc(C(=O)Nc3cnc(C(C)(C)C)nc3)cc2)cc1. The van der Waals surface area contributed by atoms with Crippen molar-refractivity contribution in [1.29, 1.82) is 0 Å². The van der Waals surface area contributed by atoms with Crippen LogP contribution in [-0.2, 0) is 26.8 Å². The van der Waals surface area contributed by atoms with E-state index in [9.17, 15) is 18.0 Å². The van der Waals surface area contributed by atoms with Crippen LogP contribution in [0.1, 0.15) is 49.4 Å². The van der Waals surface area contributed by atoms with E-state index in [-0.39, 0.29) is 28.7 Å². The highest BCUT2D eigenvalue weighted by Crippen LogP contribution is 2.19. The van der Waals surface area contributed by atoms with Crippen LogP contribution < -0.4 is 15.4 Å². The Balaban J connectivity index is 1.58. The number of benzene rings is 2. The zero-order valence-electron chi connectivity index (χ0n) is 19.4. The lowest BCUT2D eigenvalue weighted by molar-refractivity contribution is -0.114. The van der Waals surface area contributed by atoms with Gasteiger partial charge in [0.05, 0.1) is 23.0 Å². The number of sulfonamides is 1. The van der Waals surface area contributed by atoms with E-state index < -0.39 is 10.0 Å². The van der Waals surface area contributed by atoms with Gasteiger partial charge in [0.15, 0.2) is 0 Å². The molecule has 2 aromatic carbocycles. The van der Waals surface area contributed by atoms with Crippen LogP contribution in [0.5, 0.6) is 0 Å². The maximum Gasteiger partial charge on any atom is 0.255 e. The molecule has 0 radical (unpaired) electrons. The summed E-state index contributed by atoms with van der Waals surface area (Å²) in [7, 11) is -3.74. The summed E-state index contributed by atoms with van der Waals surface area (Å²) >= 11 is 0. The summed E-state index contributed by atoms with van der Waals surface area (Å²) in [6, 6.07) is 12.5. The molecule has 10 heteroatoms. The smallest absolute Gasteiger partial charge is 0.255 e. The lowest BCUT2D eigenvalue weighted by Crippen LogP contribution is -2.23. The van der Waals surface area contributed by atoms with Gasteiger partial charge in [0, 0.05) is 30.1 Å². The Bertz CT molecular complexity index is 1260. The molecule has 1 aromatic heterocycles. The second kappa shape index (κ2) is 10.1. The van der Waals surface area contributed by atoms with E-state index in [2.05, 4.69) is 25.3 Å². The number of nitrogens with one attached hydrogen (secondary N) is 3.